The summed E-state index contributed by atoms with van der Waals surface area (Å²) in [6.45, 7) is 0. The Hall–Kier alpha value is -2.39. The van der Waals surface area contributed by atoms with Gasteiger partial charge in [-0.05, 0) is 0 Å². The zero-order valence-electron chi connectivity index (χ0n) is 9.95. The van der Waals surface area contributed by atoms with Gasteiger partial charge in [0.15, 0.2) is 40.7 Å². The molecule has 0 spiro atoms. The first-order valence-electron chi connectivity index (χ1n) is 5.13. The summed E-state index contributed by atoms with van der Waals surface area (Å²) in [5.41, 5.74) is -1.47. The van der Waals surface area contributed by atoms with E-state index in [0.29, 0.717) is 7.05 Å². The van der Waals surface area contributed by atoms with Crippen molar-refractivity contribution in [2.24, 2.45) is 5.29 Å². The molecular formula is C11H3F7N2O. The Bertz CT molecular complexity index is 778. The van der Waals surface area contributed by atoms with Gasteiger partial charge in [-0.25, -0.2) is 35.7 Å². The molecular weight excluding hydrogens is 309 g/mol. The average molecular weight is 312 g/mol. The Morgan fingerprint density at radius 1 is 0.667 bits per heavy atom. The minimum atomic E-state index is -2.42. The van der Waals surface area contributed by atoms with Gasteiger partial charge in [0.05, 0.1) is 16.1 Å². The highest BCUT2D eigenvalue weighted by Crippen LogP contribution is 2.37. The smallest absolute Gasteiger partial charge is 0.198 e. The molecule has 0 atom stereocenters. The van der Waals surface area contributed by atoms with Gasteiger partial charge in [-0.2, -0.15) is 0 Å². The van der Waals surface area contributed by atoms with Crippen LogP contribution in [0.4, 0.5) is 36.4 Å². The van der Waals surface area contributed by atoms with Crippen molar-refractivity contribution < 1.29 is 30.7 Å². The van der Waals surface area contributed by atoms with Gasteiger partial charge in [-0.15, -0.1) is 4.91 Å². The third-order valence-electron chi connectivity index (χ3n) is 2.76. The number of anilines is 1. The van der Waals surface area contributed by atoms with Crippen LogP contribution in [-0.4, -0.2) is 7.05 Å². The molecule has 21 heavy (non-hydrogen) atoms. The van der Waals surface area contributed by atoms with E-state index in [1.165, 1.54) is 0 Å². The summed E-state index contributed by atoms with van der Waals surface area (Å²) in [6.07, 6.45) is 0. The number of nitrogens with zero attached hydrogens (tertiary/aromatic N) is 2. The van der Waals surface area contributed by atoms with Gasteiger partial charge in [0.25, 0.3) is 0 Å². The van der Waals surface area contributed by atoms with Crippen LogP contribution in [0.15, 0.2) is 5.29 Å². The Kier molecular flexibility index (Phi) is 3.47. The summed E-state index contributed by atoms with van der Waals surface area (Å²) >= 11 is 0. The Morgan fingerprint density at radius 3 is 1.48 bits per heavy atom. The Balaban J connectivity index is 3.14. The van der Waals surface area contributed by atoms with Crippen LogP contribution in [0.2, 0.25) is 0 Å². The lowest BCUT2D eigenvalue weighted by molar-refractivity contribution is 0.412. The van der Waals surface area contributed by atoms with Crippen molar-refractivity contribution >= 4 is 16.5 Å². The van der Waals surface area contributed by atoms with Crippen LogP contribution in [0.3, 0.4) is 0 Å². The van der Waals surface area contributed by atoms with E-state index in [1.807, 2.05) is 0 Å². The van der Waals surface area contributed by atoms with Crippen molar-refractivity contribution in [1.29, 1.82) is 0 Å². The molecule has 0 aromatic heterocycles. The molecule has 0 bridgehead atoms. The minimum Gasteiger partial charge on any atom is -0.226 e. The lowest BCUT2D eigenvalue weighted by atomic mass is 10.1. The number of hydrogen-bond donors (Lipinski definition) is 0. The minimum absolute atomic E-state index is 0.0498. The maximum atomic E-state index is 14.0. The molecule has 10 heteroatoms. The van der Waals surface area contributed by atoms with Crippen molar-refractivity contribution in [3.05, 3.63) is 45.6 Å². The van der Waals surface area contributed by atoms with Gasteiger partial charge in [-0.3, -0.25) is 0 Å². The van der Waals surface area contributed by atoms with Crippen molar-refractivity contribution in [2.45, 2.75) is 0 Å². The molecule has 0 amide bonds. The highest BCUT2D eigenvalue weighted by molar-refractivity contribution is 5.89. The van der Waals surface area contributed by atoms with E-state index in [4.69, 9.17) is 0 Å². The summed E-state index contributed by atoms with van der Waals surface area (Å²) in [6, 6.07) is 0. The van der Waals surface area contributed by atoms with E-state index in [9.17, 15) is 35.6 Å². The zero-order chi connectivity index (χ0) is 16.1. The monoisotopic (exact) mass is 312 g/mol. The fraction of sp³-hybridized carbons (Fsp3) is 0.0909. The number of fused-ring (bicyclic) bond motifs is 1. The highest BCUT2D eigenvalue weighted by atomic mass is 19.2. The molecule has 0 saturated carbocycles. The summed E-state index contributed by atoms with van der Waals surface area (Å²) in [7, 11) is 0.688. The second kappa shape index (κ2) is 4.86. The van der Waals surface area contributed by atoms with E-state index in [0.717, 1.165) is 0 Å². The number of benzene rings is 2. The quantitative estimate of drug-likeness (QED) is 0.277. The average Bonchev–Trinajstić information content (AvgIpc) is 2.46. The first-order chi connectivity index (χ1) is 9.73. The number of hydrogen-bond acceptors (Lipinski definition) is 2. The first kappa shape index (κ1) is 15.0. The van der Waals surface area contributed by atoms with Gasteiger partial charge in [0, 0.05) is 7.05 Å². The van der Waals surface area contributed by atoms with E-state index in [1.54, 1.807) is 0 Å². The largest absolute Gasteiger partial charge is 0.226 e. The van der Waals surface area contributed by atoms with Gasteiger partial charge >= 0.3 is 0 Å². The molecule has 3 nitrogen and oxygen atoms in total. The van der Waals surface area contributed by atoms with Gasteiger partial charge in [-0.1, -0.05) is 0 Å². The van der Waals surface area contributed by atoms with Crippen LogP contribution in [0.5, 0.6) is 0 Å². The summed E-state index contributed by atoms with van der Waals surface area (Å²) in [4.78, 5) is 10.2. The molecule has 0 fully saturated rings. The molecule has 0 aliphatic heterocycles. The number of nitroso groups, excluding NO2 is 1. The topological polar surface area (TPSA) is 32.7 Å². The van der Waals surface area contributed by atoms with Crippen molar-refractivity contribution in [3.8, 4) is 0 Å². The standard InChI is InChI=1S/C11H3F7N2O/c1-20(19-21)11-7(15)3-2(6(14)10(11)18)4(12)8(16)9(17)5(3)13/h1H3. The molecule has 112 valence electrons. The molecule has 0 aliphatic carbocycles. The molecule has 2 aromatic carbocycles. The van der Waals surface area contributed by atoms with Crippen LogP contribution in [0.25, 0.3) is 10.8 Å². The van der Waals surface area contributed by atoms with E-state index < -0.39 is 57.2 Å². The molecule has 0 aliphatic rings. The molecule has 0 saturated heterocycles. The van der Waals surface area contributed by atoms with E-state index >= 15 is 0 Å². The predicted molar refractivity (Wildman–Crippen MR) is 57.9 cm³/mol. The maximum Gasteiger partial charge on any atom is 0.198 e. The molecule has 0 radical (unpaired) electrons. The van der Waals surface area contributed by atoms with E-state index in [-0.39, 0.29) is 5.01 Å². The highest BCUT2D eigenvalue weighted by Gasteiger charge is 2.31. The third-order valence-corrected chi connectivity index (χ3v) is 2.76. The lowest BCUT2D eigenvalue weighted by Gasteiger charge is -2.15. The second-order valence-electron chi connectivity index (χ2n) is 3.90. The van der Waals surface area contributed by atoms with Crippen molar-refractivity contribution in [2.75, 3.05) is 12.1 Å². The SMILES string of the molecule is CN(N=O)c1c(F)c(F)c2c(F)c(F)c(F)c(F)c2c1F. The first-order valence-corrected chi connectivity index (χ1v) is 5.13. The van der Waals surface area contributed by atoms with Gasteiger partial charge in [0.1, 0.15) is 5.69 Å². The van der Waals surface area contributed by atoms with Gasteiger partial charge in [0.2, 0.25) is 0 Å². The Morgan fingerprint density at radius 2 is 1.05 bits per heavy atom. The van der Waals surface area contributed by atoms with E-state index in [2.05, 4.69) is 5.29 Å². The van der Waals surface area contributed by atoms with Crippen molar-refractivity contribution in [3.63, 3.8) is 0 Å². The molecule has 0 heterocycles. The Labute approximate surface area is 111 Å². The zero-order valence-corrected chi connectivity index (χ0v) is 9.95. The van der Waals surface area contributed by atoms with Crippen LogP contribution in [-0.2, 0) is 0 Å². The summed E-state index contributed by atoms with van der Waals surface area (Å²) < 4.78 is 94.3. The maximum absolute atomic E-state index is 14.0. The molecule has 0 N–H and O–H groups in total. The normalized spacial score (nSPS) is 11.0. The molecule has 0 unspecified atom stereocenters. The second-order valence-corrected chi connectivity index (χ2v) is 3.90. The van der Waals surface area contributed by atoms with Crippen LogP contribution < -0.4 is 5.01 Å². The fourth-order valence-corrected chi connectivity index (χ4v) is 1.80. The molecule has 2 aromatic rings. The summed E-state index contributed by atoms with van der Waals surface area (Å²) in [5.74, 6) is -15.7. The lowest BCUT2D eigenvalue weighted by Crippen LogP contribution is -2.14. The predicted octanol–water partition coefficient (Wildman–Crippen LogP) is 3.93. The number of halogens is 7. The molecule has 2 rings (SSSR count). The van der Waals surface area contributed by atoms with Crippen LogP contribution >= 0.6 is 0 Å². The van der Waals surface area contributed by atoms with Gasteiger partial charge < -0.3 is 0 Å². The third kappa shape index (κ3) is 1.89. The summed E-state index contributed by atoms with van der Waals surface area (Å²) in [5, 5.41) is -1.39. The number of rotatable bonds is 2. The fourth-order valence-electron chi connectivity index (χ4n) is 1.80. The van der Waals surface area contributed by atoms with Crippen LogP contribution in [0, 0.1) is 45.6 Å². The van der Waals surface area contributed by atoms with Crippen molar-refractivity contribution in [1.82, 2.24) is 0 Å². The van der Waals surface area contributed by atoms with Crippen LogP contribution in [0.1, 0.15) is 0 Å².